The van der Waals surface area contributed by atoms with Crippen molar-refractivity contribution in [3.05, 3.63) is 0 Å². The number of cyclic esters (lactones) is 1. The lowest BCUT2D eigenvalue weighted by atomic mass is 9.51. The van der Waals surface area contributed by atoms with Crippen molar-refractivity contribution in [3.63, 3.8) is 0 Å². The molecule has 6 rings (SSSR count). The minimum atomic E-state index is -5.97. The van der Waals surface area contributed by atoms with Gasteiger partial charge >= 0.3 is 27.3 Å². The van der Waals surface area contributed by atoms with E-state index in [9.17, 15) is 26.8 Å². The quantitative estimate of drug-likeness (QED) is 0.321. The van der Waals surface area contributed by atoms with E-state index in [1.54, 1.807) is 0 Å². The molecule has 14 heteroatoms. The van der Waals surface area contributed by atoms with Crippen LogP contribution in [0.2, 0.25) is 0 Å². The molecule has 5 unspecified atom stereocenters. The van der Waals surface area contributed by atoms with Crippen LogP contribution in [-0.4, -0.2) is 74.0 Å². The van der Waals surface area contributed by atoms with Crippen molar-refractivity contribution in [2.45, 2.75) is 67.2 Å². The van der Waals surface area contributed by atoms with E-state index >= 15 is 0 Å². The Hall–Kier alpha value is -1.45. The van der Waals surface area contributed by atoms with Crippen molar-refractivity contribution < 1.29 is 59.8 Å². The third-order valence-corrected chi connectivity index (χ3v) is 7.97. The van der Waals surface area contributed by atoms with E-state index in [1.807, 2.05) is 0 Å². The summed E-state index contributed by atoms with van der Waals surface area (Å²) in [7, 11) is -4.56. The van der Waals surface area contributed by atoms with Gasteiger partial charge in [0.05, 0.1) is 0 Å². The minimum Gasteiger partial charge on any atom is -0.454 e. The zero-order chi connectivity index (χ0) is 23.1. The first-order chi connectivity index (χ1) is 14.9. The predicted molar refractivity (Wildman–Crippen MR) is 94.2 cm³/mol. The highest BCUT2D eigenvalue weighted by atomic mass is 32.2. The molecule has 0 radical (unpaired) electrons. The van der Waals surface area contributed by atoms with E-state index < -0.39 is 57.2 Å². The van der Waals surface area contributed by atoms with E-state index in [0.717, 1.165) is 0 Å². The van der Waals surface area contributed by atoms with Crippen LogP contribution in [0.5, 0.6) is 0 Å². The number of hydrogen-bond donors (Lipinski definition) is 1. The van der Waals surface area contributed by atoms with Crippen LogP contribution in [-0.2, 0) is 48.1 Å². The molecule has 2 saturated heterocycles. The Morgan fingerprint density at radius 3 is 2.47 bits per heavy atom. The molecule has 0 amide bonds. The molecule has 0 aromatic carbocycles. The van der Waals surface area contributed by atoms with Gasteiger partial charge in [0, 0.05) is 18.9 Å². The number of rotatable bonds is 6. The fourth-order valence-corrected chi connectivity index (χ4v) is 6.44. The summed E-state index contributed by atoms with van der Waals surface area (Å²) in [4.78, 5) is 24.3. The van der Waals surface area contributed by atoms with Crippen molar-refractivity contribution in [3.8, 4) is 0 Å². The second kappa shape index (κ2) is 7.03. The van der Waals surface area contributed by atoms with Gasteiger partial charge in [-0.3, -0.25) is 4.55 Å². The van der Waals surface area contributed by atoms with Crippen LogP contribution in [0.15, 0.2) is 0 Å². The fourth-order valence-electron chi connectivity index (χ4n) is 6.19. The Morgan fingerprint density at radius 2 is 1.88 bits per heavy atom. The Bertz CT molecular complexity index is 921. The summed E-state index contributed by atoms with van der Waals surface area (Å²) in [6.07, 6.45) is -1.21. The smallest absolute Gasteiger partial charge is 0.454 e. The predicted octanol–water partition coefficient (Wildman–Crippen LogP) is 0.573. The first kappa shape index (κ1) is 22.3. The normalized spacial score (nSPS) is 44.7. The number of ether oxygens (including phenoxy) is 6. The number of alkyl halides is 2. The van der Waals surface area contributed by atoms with E-state index in [1.165, 1.54) is 7.11 Å². The number of carbonyl (C=O) groups is 2. The lowest BCUT2D eigenvalue weighted by Gasteiger charge is -2.62. The molecule has 5 atom stereocenters. The van der Waals surface area contributed by atoms with E-state index in [-0.39, 0.29) is 43.8 Å². The number of fused-ring (bicyclic) bond motifs is 1. The van der Waals surface area contributed by atoms with E-state index in [4.69, 9.17) is 33.0 Å². The highest BCUT2D eigenvalue weighted by Gasteiger charge is 2.72. The van der Waals surface area contributed by atoms with Gasteiger partial charge in [-0.1, -0.05) is 0 Å². The molecule has 180 valence electrons. The molecule has 0 aromatic rings. The molecule has 2 heterocycles. The number of halogens is 2. The van der Waals surface area contributed by atoms with Crippen molar-refractivity contribution in [2.24, 2.45) is 17.8 Å². The maximum Gasteiger partial charge on any atom is 0.465 e. The Kier molecular flexibility index (Phi) is 4.91. The van der Waals surface area contributed by atoms with Crippen molar-refractivity contribution >= 4 is 22.1 Å². The third kappa shape index (κ3) is 3.10. The van der Waals surface area contributed by atoms with Crippen LogP contribution in [0.4, 0.5) is 8.78 Å². The second-order valence-electron chi connectivity index (χ2n) is 9.13. The van der Waals surface area contributed by atoms with Crippen LogP contribution in [0.25, 0.3) is 0 Å². The van der Waals surface area contributed by atoms with E-state index in [0.29, 0.717) is 12.8 Å². The SMILES string of the molecule is COCOC1OC(=O)C2OC3(OC12)C1CC2CC3CC(OC(=O)C(F)(F)S(=O)(=O)O)(C2)C1. The largest absolute Gasteiger partial charge is 0.465 e. The zero-order valence-electron chi connectivity index (χ0n) is 16.9. The first-order valence-corrected chi connectivity index (χ1v) is 11.6. The summed E-state index contributed by atoms with van der Waals surface area (Å²) in [5.41, 5.74) is -1.33. The monoisotopic (exact) mass is 484 g/mol. The molecule has 0 aromatic heterocycles. The van der Waals surface area contributed by atoms with Crippen molar-refractivity contribution in [2.75, 3.05) is 13.9 Å². The van der Waals surface area contributed by atoms with Crippen molar-refractivity contribution in [1.82, 2.24) is 0 Å². The fraction of sp³-hybridized carbons (Fsp3) is 0.889. The average molecular weight is 484 g/mol. The molecular weight excluding hydrogens is 462 g/mol. The van der Waals surface area contributed by atoms with Gasteiger partial charge in [0.25, 0.3) is 0 Å². The van der Waals surface area contributed by atoms with Gasteiger partial charge in [-0.05, 0) is 38.0 Å². The lowest BCUT2D eigenvalue weighted by molar-refractivity contribution is -0.336. The van der Waals surface area contributed by atoms with Crippen LogP contribution in [0.3, 0.4) is 0 Å². The lowest BCUT2D eigenvalue weighted by Crippen LogP contribution is -2.66. The van der Waals surface area contributed by atoms with Gasteiger partial charge in [-0.25, -0.2) is 9.59 Å². The molecule has 6 aliphatic rings. The van der Waals surface area contributed by atoms with Gasteiger partial charge in [-0.2, -0.15) is 17.2 Å². The Morgan fingerprint density at radius 1 is 1.22 bits per heavy atom. The molecule has 1 N–H and O–H groups in total. The van der Waals surface area contributed by atoms with Gasteiger partial charge < -0.3 is 28.4 Å². The van der Waals surface area contributed by atoms with Gasteiger partial charge in [0.15, 0.2) is 24.8 Å². The topological polar surface area (TPSA) is 144 Å². The van der Waals surface area contributed by atoms with Gasteiger partial charge in [-0.15, -0.1) is 0 Å². The number of esters is 2. The summed E-state index contributed by atoms with van der Waals surface area (Å²) < 4.78 is 90.9. The van der Waals surface area contributed by atoms with Crippen molar-refractivity contribution in [1.29, 1.82) is 0 Å². The van der Waals surface area contributed by atoms with Gasteiger partial charge in [0.2, 0.25) is 6.29 Å². The maximum absolute atomic E-state index is 13.8. The van der Waals surface area contributed by atoms with E-state index in [2.05, 4.69) is 0 Å². The molecule has 4 aliphatic carbocycles. The van der Waals surface area contributed by atoms with Gasteiger partial charge in [0.1, 0.15) is 5.60 Å². The molecule has 4 saturated carbocycles. The average Bonchev–Trinajstić information content (AvgIpc) is 3.21. The van der Waals surface area contributed by atoms with Crippen LogP contribution >= 0.6 is 0 Å². The van der Waals surface area contributed by atoms with Crippen LogP contribution in [0, 0.1) is 17.8 Å². The summed E-state index contributed by atoms with van der Waals surface area (Å²) in [5, 5.41) is -5.07. The summed E-state index contributed by atoms with van der Waals surface area (Å²) >= 11 is 0. The highest BCUT2D eigenvalue weighted by Crippen LogP contribution is 2.65. The molecule has 32 heavy (non-hydrogen) atoms. The molecule has 6 fully saturated rings. The maximum atomic E-state index is 13.8. The first-order valence-electron chi connectivity index (χ1n) is 10.2. The Labute approximate surface area is 181 Å². The number of carbonyl (C=O) groups excluding carboxylic acids is 2. The summed E-state index contributed by atoms with van der Waals surface area (Å²) in [5.74, 6) is -4.90. The summed E-state index contributed by atoms with van der Waals surface area (Å²) in [6.45, 7) is -0.131. The standard InChI is InChI=1S/C18H22F2O11S/c1-26-7-27-14-12-11(13(21)28-14)29-17(30-12)9-2-8-3-10(17)6-16(4-8,5-9)31-15(22)18(19,20)32(23,24)25/h8-12,14H,2-7H2,1H3,(H,23,24,25). The second-order valence-corrected chi connectivity index (χ2v) is 10.6. The molecule has 1 spiro atoms. The molecule has 11 nitrogen and oxygen atoms in total. The third-order valence-electron chi connectivity index (χ3n) is 7.15. The van der Waals surface area contributed by atoms with Crippen LogP contribution in [0.1, 0.15) is 32.1 Å². The highest BCUT2D eigenvalue weighted by molar-refractivity contribution is 7.87. The molecule has 2 aliphatic heterocycles. The molecule has 4 bridgehead atoms. The Balaban J connectivity index is 1.37. The number of methoxy groups -OCH3 is 1. The minimum absolute atomic E-state index is 0.0189. The number of hydrogen-bond acceptors (Lipinski definition) is 10. The zero-order valence-corrected chi connectivity index (χ0v) is 17.7. The van der Waals surface area contributed by atoms with Crippen LogP contribution < -0.4 is 0 Å². The molecular formula is C18H22F2O11S. The summed E-state index contributed by atoms with van der Waals surface area (Å²) in [6, 6.07) is 0.